The number of hydrogen-bond donors (Lipinski definition) is 0. The van der Waals surface area contributed by atoms with Crippen molar-refractivity contribution in [3.05, 3.63) is 101 Å². The zero-order valence-electron chi connectivity index (χ0n) is 37.7. The third-order valence-corrected chi connectivity index (χ3v) is 8.68. The highest BCUT2D eigenvalue weighted by molar-refractivity contribution is 5.31. The first kappa shape index (κ1) is 56.0. The topological polar surface area (TPSA) is 55.4 Å². The molecule has 3 aromatic rings. The first-order chi connectivity index (χ1) is 26.9. The molecule has 0 saturated carbocycles. The van der Waals surface area contributed by atoms with Crippen molar-refractivity contribution >= 4 is 0 Å². The number of halogens is 4. The number of benzene rings is 3. The average Bonchev–Trinajstić information content (AvgIpc) is 3.13. The largest absolute Gasteiger partial charge is 0.494 e. The van der Waals surface area contributed by atoms with E-state index in [0.717, 1.165) is 42.9 Å². The number of hydrogen-bond acceptors (Lipinski definition) is 6. The number of alkyl halides is 4. The molecule has 0 aliphatic carbocycles. The minimum Gasteiger partial charge on any atom is -0.494 e. The summed E-state index contributed by atoms with van der Waals surface area (Å²) in [5.74, 6) is -4.92. The summed E-state index contributed by atoms with van der Waals surface area (Å²) in [6.45, 7) is 24.4. The highest BCUT2D eigenvalue weighted by atomic mass is 19.3. The molecule has 0 radical (unpaired) electrons. The van der Waals surface area contributed by atoms with Crippen molar-refractivity contribution in [2.24, 2.45) is 0 Å². The Labute approximate surface area is 355 Å². The second kappa shape index (κ2) is 27.0. The number of rotatable bonds is 20. The van der Waals surface area contributed by atoms with Crippen molar-refractivity contribution in [1.29, 1.82) is 0 Å². The fourth-order valence-electron chi connectivity index (χ4n) is 5.05. The van der Waals surface area contributed by atoms with Crippen LogP contribution in [0, 0.1) is 0 Å². The molecule has 0 aliphatic rings. The quantitative estimate of drug-likeness (QED) is 0.0834. The molecule has 338 valence electrons. The van der Waals surface area contributed by atoms with Crippen LogP contribution < -0.4 is 4.74 Å². The summed E-state index contributed by atoms with van der Waals surface area (Å²) in [6.07, 6.45) is 1.88. The van der Waals surface area contributed by atoms with E-state index in [-0.39, 0.29) is 49.6 Å². The Morgan fingerprint density at radius 1 is 0.508 bits per heavy atom. The van der Waals surface area contributed by atoms with Gasteiger partial charge in [0.05, 0.1) is 25.9 Å². The summed E-state index contributed by atoms with van der Waals surface area (Å²) in [5, 5.41) is 0. The van der Waals surface area contributed by atoms with Gasteiger partial charge in [0.2, 0.25) is 0 Å². The molecule has 3 rings (SSSR count). The van der Waals surface area contributed by atoms with Crippen LogP contribution >= 0.6 is 0 Å². The lowest BCUT2D eigenvalue weighted by atomic mass is 9.87. The lowest BCUT2D eigenvalue weighted by Gasteiger charge is -2.20. The van der Waals surface area contributed by atoms with E-state index in [9.17, 15) is 17.6 Å². The highest BCUT2D eigenvalue weighted by Gasteiger charge is 2.31. The van der Waals surface area contributed by atoms with Crippen LogP contribution in [-0.4, -0.2) is 71.3 Å². The van der Waals surface area contributed by atoms with Crippen molar-refractivity contribution in [2.75, 3.05) is 53.4 Å². The average molecular weight is 839 g/mol. The molecule has 0 saturated heterocycles. The first-order valence-electron chi connectivity index (χ1n) is 20.4. The van der Waals surface area contributed by atoms with Gasteiger partial charge < -0.3 is 28.4 Å². The van der Waals surface area contributed by atoms with Crippen LogP contribution in [-0.2, 0) is 53.1 Å². The van der Waals surface area contributed by atoms with Gasteiger partial charge in [-0.05, 0) is 89.8 Å². The fraction of sp³-hybridized carbons (Fsp3) is 0.633. The molecule has 0 bridgehead atoms. The molecule has 10 heteroatoms. The summed E-state index contributed by atoms with van der Waals surface area (Å²) >= 11 is 0. The van der Waals surface area contributed by atoms with E-state index in [4.69, 9.17) is 28.4 Å². The maximum Gasteiger partial charge on any atom is 0.293 e. The van der Waals surface area contributed by atoms with Crippen LogP contribution in [0.5, 0.6) is 5.75 Å². The molecule has 0 unspecified atom stereocenters. The van der Waals surface area contributed by atoms with Crippen LogP contribution in [0.4, 0.5) is 17.6 Å². The molecule has 0 aromatic heterocycles. The van der Waals surface area contributed by atoms with Gasteiger partial charge in [0.25, 0.3) is 11.8 Å². The summed E-state index contributed by atoms with van der Waals surface area (Å²) < 4.78 is 84.0. The second-order valence-corrected chi connectivity index (χ2v) is 17.9. The van der Waals surface area contributed by atoms with E-state index in [0.29, 0.717) is 0 Å². The summed E-state index contributed by atoms with van der Waals surface area (Å²) in [4.78, 5) is 0. The van der Waals surface area contributed by atoms with Crippen LogP contribution in [0.1, 0.15) is 131 Å². The van der Waals surface area contributed by atoms with E-state index >= 15 is 0 Å². The Bertz CT molecular complexity index is 1490. The van der Waals surface area contributed by atoms with E-state index in [2.05, 4.69) is 86.6 Å². The molecule has 0 atom stereocenters. The Kier molecular flexibility index (Phi) is 25.7. The Hall–Kier alpha value is -3.02. The summed E-state index contributed by atoms with van der Waals surface area (Å²) in [6, 6.07) is 24.1. The maximum absolute atomic E-state index is 13.5. The van der Waals surface area contributed by atoms with Gasteiger partial charge in [0.1, 0.15) is 32.2 Å². The predicted molar refractivity (Wildman–Crippen MR) is 236 cm³/mol. The van der Waals surface area contributed by atoms with Crippen LogP contribution in [0.25, 0.3) is 0 Å². The van der Waals surface area contributed by atoms with E-state index in [1.54, 1.807) is 27.9 Å². The van der Waals surface area contributed by atoms with Crippen molar-refractivity contribution < 1.29 is 46.0 Å². The number of methoxy groups -OCH3 is 1. The molecule has 0 amide bonds. The lowest BCUT2D eigenvalue weighted by molar-refractivity contribution is -0.135. The van der Waals surface area contributed by atoms with E-state index < -0.39 is 38.3 Å². The van der Waals surface area contributed by atoms with Crippen molar-refractivity contribution in [3.8, 4) is 5.75 Å². The Balaban J connectivity index is 0.000000853. The maximum atomic E-state index is 13.5. The number of ether oxygens (including phenoxy) is 6. The first-order valence-corrected chi connectivity index (χ1v) is 20.4. The fourth-order valence-corrected chi connectivity index (χ4v) is 5.05. The molecular weight excluding hydrogens is 761 g/mol. The minimum atomic E-state index is -2.95. The highest BCUT2D eigenvalue weighted by Crippen LogP contribution is 2.26. The van der Waals surface area contributed by atoms with E-state index in [1.165, 1.54) is 16.7 Å². The smallest absolute Gasteiger partial charge is 0.293 e. The standard InChI is InChI=1S/C17H26F2O2.C16H24F2O2.C15H24O2.CH4/c1-13(2)21-12-17(18,19)11-20-10-14-6-8-15(9-7-14)16(3,4)5;1-5-19-11-16(17,18)12-20-10-13-6-8-14(9-7-13)15(2,3)4;1-15(2,3)13-7-9-14(10-8-13)17-12-6-5-11-16-4;/h6-9,13H,10-12H2,1-5H3;6-9H,5,10-12H2,1-4H3;7-10H,5-6,11-12H2,1-4H3;1H4. The van der Waals surface area contributed by atoms with Gasteiger partial charge in [-0.2, -0.15) is 0 Å². The molecule has 0 fully saturated rings. The lowest BCUT2D eigenvalue weighted by Crippen LogP contribution is -2.31. The molecule has 0 spiro atoms. The number of unbranched alkanes of at least 4 members (excludes halogenated alkanes) is 1. The summed E-state index contributed by atoms with van der Waals surface area (Å²) in [7, 11) is 1.73. The minimum absolute atomic E-state index is 0. The van der Waals surface area contributed by atoms with Gasteiger partial charge in [0, 0.05) is 20.3 Å². The molecule has 0 aliphatic heterocycles. The Morgan fingerprint density at radius 3 is 1.22 bits per heavy atom. The van der Waals surface area contributed by atoms with Crippen LogP contribution in [0.15, 0.2) is 72.8 Å². The van der Waals surface area contributed by atoms with E-state index in [1.807, 2.05) is 48.5 Å². The van der Waals surface area contributed by atoms with Gasteiger partial charge in [-0.1, -0.05) is 130 Å². The third kappa shape index (κ3) is 26.0. The summed E-state index contributed by atoms with van der Waals surface area (Å²) in [5.41, 5.74) is 5.92. The van der Waals surface area contributed by atoms with Crippen molar-refractivity contribution in [1.82, 2.24) is 0 Å². The van der Waals surface area contributed by atoms with Gasteiger partial charge in [-0.3, -0.25) is 0 Å². The normalized spacial score (nSPS) is 12.2. The molecule has 0 heterocycles. The monoisotopic (exact) mass is 839 g/mol. The zero-order valence-corrected chi connectivity index (χ0v) is 37.7. The van der Waals surface area contributed by atoms with Gasteiger partial charge >= 0.3 is 0 Å². The van der Waals surface area contributed by atoms with Crippen molar-refractivity contribution in [3.63, 3.8) is 0 Å². The van der Waals surface area contributed by atoms with Gasteiger partial charge in [-0.15, -0.1) is 0 Å². The van der Waals surface area contributed by atoms with Crippen molar-refractivity contribution in [2.45, 2.75) is 151 Å². The molecule has 6 nitrogen and oxygen atoms in total. The third-order valence-electron chi connectivity index (χ3n) is 8.68. The van der Waals surface area contributed by atoms with Gasteiger partial charge in [-0.25, -0.2) is 17.6 Å². The zero-order chi connectivity index (χ0) is 44.0. The van der Waals surface area contributed by atoms with Gasteiger partial charge in [0.15, 0.2) is 0 Å². The van der Waals surface area contributed by atoms with Crippen LogP contribution in [0.3, 0.4) is 0 Å². The Morgan fingerprint density at radius 2 is 0.864 bits per heavy atom. The van der Waals surface area contributed by atoms with Crippen LogP contribution in [0.2, 0.25) is 0 Å². The molecular formula is C49H78F4O6. The second-order valence-electron chi connectivity index (χ2n) is 17.9. The predicted octanol–water partition coefficient (Wildman–Crippen LogP) is 13.2. The molecule has 0 N–H and O–H groups in total. The SMILES string of the molecule is C.CC(C)OCC(F)(F)COCc1ccc(C(C)(C)C)cc1.CCOCC(F)(F)COCc1ccc(C(C)(C)C)cc1.COCCCCOc1ccc(C(C)(C)C)cc1. The molecule has 59 heavy (non-hydrogen) atoms. The molecule has 3 aromatic carbocycles.